The molecular formula is C20H24O3. The van der Waals surface area contributed by atoms with Gasteiger partial charge in [-0.05, 0) is 20.3 Å². The average molecular weight is 312 g/mol. The molecule has 0 radical (unpaired) electrons. The summed E-state index contributed by atoms with van der Waals surface area (Å²) in [5.74, 6) is 6.53. The monoisotopic (exact) mass is 312 g/mol. The van der Waals surface area contributed by atoms with E-state index in [1.165, 1.54) is 0 Å². The zero-order valence-corrected chi connectivity index (χ0v) is 14.3. The number of hydrogen-bond acceptors (Lipinski definition) is 3. The number of hydrogen-bond donors (Lipinski definition) is 0. The Labute approximate surface area is 138 Å². The standard InChI is InChI=1S/C20H24O3/c1-5-6-7-11-14-20(22-4)15-17(16-12-9-8-10-13-16)23-18(21)19(20,2)3/h8-10,12-13,15H,5-7H2,1-4H3. The van der Waals surface area contributed by atoms with E-state index in [1.807, 2.05) is 50.3 Å². The van der Waals surface area contributed by atoms with Crippen LogP contribution in [-0.4, -0.2) is 18.7 Å². The van der Waals surface area contributed by atoms with E-state index in [9.17, 15) is 4.79 Å². The highest BCUT2D eigenvalue weighted by Gasteiger charge is 2.53. The third-order valence-electron chi connectivity index (χ3n) is 4.29. The molecule has 1 heterocycles. The van der Waals surface area contributed by atoms with Crippen molar-refractivity contribution >= 4 is 11.7 Å². The Morgan fingerprint density at radius 1 is 1.22 bits per heavy atom. The number of cyclic esters (lactones) is 1. The lowest BCUT2D eigenvalue weighted by Crippen LogP contribution is -2.52. The van der Waals surface area contributed by atoms with Gasteiger partial charge in [0.1, 0.15) is 11.2 Å². The van der Waals surface area contributed by atoms with Gasteiger partial charge in [-0.2, -0.15) is 0 Å². The second-order valence-electron chi connectivity index (χ2n) is 6.23. The van der Waals surface area contributed by atoms with Gasteiger partial charge in [-0.3, -0.25) is 4.79 Å². The Morgan fingerprint density at radius 2 is 1.91 bits per heavy atom. The lowest BCUT2D eigenvalue weighted by Gasteiger charge is -2.41. The summed E-state index contributed by atoms with van der Waals surface area (Å²) in [6, 6.07) is 9.55. The van der Waals surface area contributed by atoms with Crippen molar-refractivity contribution < 1.29 is 14.3 Å². The minimum absolute atomic E-state index is 0.328. The molecule has 3 nitrogen and oxygen atoms in total. The maximum Gasteiger partial charge on any atom is 0.321 e. The number of rotatable bonds is 4. The highest BCUT2D eigenvalue weighted by molar-refractivity contribution is 5.88. The van der Waals surface area contributed by atoms with Gasteiger partial charge in [0.05, 0.1) is 0 Å². The van der Waals surface area contributed by atoms with Crippen LogP contribution in [0.3, 0.4) is 0 Å². The first-order valence-electron chi connectivity index (χ1n) is 8.02. The Hall–Kier alpha value is -2.05. The maximum atomic E-state index is 12.6. The fraction of sp³-hybridized carbons (Fsp3) is 0.450. The van der Waals surface area contributed by atoms with Crippen LogP contribution in [0.1, 0.15) is 45.6 Å². The van der Waals surface area contributed by atoms with E-state index in [0.29, 0.717) is 5.76 Å². The van der Waals surface area contributed by atoms with E-state index in [-0.39, 0.29) is 5.97 Å². The van der Waals surface area contributed by atoms with Gasteiger partial charge in [-0.25, -0.2) is 0 Å². The molecule has 1 atom stereocenters. The molecule has 2 rings (SSSR count). The van der Waals surface area contributed by atoms with Crippen LogP contribution < -0.4 is 0 Å². The molecule has 1 aromatic carbocycles. The van der Waals surface area contributed by atoms with Crippen molar-refractivity contribution in [2.24, 2.45) is 5.41 Å². The molecule has 0 saturated heterocycles. The van der Waals surface area contributed by atoms with Gasteiger partial charge in [-0.1, -0.05) is 55.5 Å². The van der Waals surface area contributed by atoms with Crippen LogP contribution in [0.25, 0.3) is 5.76 Å². The van der Waals surface area contributed by atoms with E-state index in [0.717, 1.165) is 24.8 Å². The SMILES string of the molecule is CCCCC#CC1(OC)C=C(c2ccccc2)OC(=O)C1(C)C. The number of ether oxygens (including phenoxy) is 2. The molecular weight excluding hydrogens is 288 g/mol. The van der Waals surface area contributed by atoms with E-state index < -0.39 is 11.0 Å². The number of unbranched alkanes of at least 4 members (excludes halogenated alkanes) is 2. The van der Waals surface area contributed by atoms with Crippen LogP contribution in [0.15, 0.2) is 36.4 Å². The third kappa shape index (κ3) is 3.33. The molecule has 1 aliphatic heterocycles. The summed E-state index contributed by atoms with van der Waals surface area (Å²) in [7, 11) is 1.59. The minimum Gasteiger partial charge on any atom is -0.426 e. The molecule has 1 aromatic rings. The Balaban J connectivity index is 2.49. The van der Waals surface area contributed by atoms with Crippen LogP contribution >= 0.6 is 0 Å². The first-order chi connectivity index (χ1) is 11.0. The van der Waals surface area contributed by atoms with Gasteiger partial charge in [0.15, 0.2) is 5.60 Å². The molecule has 0 saturated carbocycles. The van der Waals surface area contributed by atoms with Crippen molar-refractivity contribution in [3.8, 4) is 11.8 Å². The van der Waals surface area contributed by atoms with Crippen molar-refractivity contribution in [2.75, 3.05) is 7.11 Å². The van der Waals surface area contributed by atoms with Crippen molar-refractivity contribution in [3.05, 3.63) is 42.0 Å². The summed E-state index contributed by atoms with van der Waals surface area (Å²) in [4.78, 5) is 12.6. The fourth-order valence-electron chi connectivity index (χ4n) is 2.53. The highest BCUT2D eigenvalue weighted by Crippen LogP contribution is 2.43. The highest BCUT2D eigenvalue weighted by atomic mass is 16.6. The first-order valence-corrected chi connectivity index (χ1v) is 8.02. The quantitative estimate of drug-likeness (QED) is 0.475. The molecule has 23 heavy (non-hydrogen) atoms. The molecule has 3 heteroatoms. The molecule has 0 fully saturated rings. The second kappa shape index (κ2) is 7.02. The molecule has 1 aliphatic rings. The smallest absolute Gasteiger partial charge is 0.321 e. The number of esters is 1. The largest absolute Gasteiger partial charge is 0.426 e. The second-order valence-corrected chi connectivity index (χ2v) is 6.23. The third-order valence-corrected chi connectivity index (χ3v) is 4.29. The lowest BCUT2D eigenvalue weighted by molar-refractivity contribution is -0.159. The minimum atomic E-state index is -0.985. The summed E-state index contributed by atoms with van der Waals surface area (Å²) < 4.78 is 11.3. The van der Waals surface area contributed by atoms with E-state index >= 15 is 0 Å². The summed E-state index contributed by atoms with van der Waals surface area (Å²) in [6.07, 6.45) is 4.75. The molecule has 122 valence electrons. The number of methoxy groups -OCH3 is 1. The zero-order valence-electron chi connectivity index (χ0n) is 14.3. The Morgan fingerprint density at radius 3 is 2.52 bits per heavy atom. The van der Waals surface area contributed by atoms with Crippen molar-refractivity contribution in [1.29, 1.82) is 0 Å². The fourth-order valence-corrected chi connectivity index (χ4v) is 2.53. The number of carbonyl (C=O) groups is 1. The molecule has 0 N–H and O–H groups in total. The Bertz CT molecular complexity index is 646. The van der Waals surface area contributed by atoms with E-state index in [1.54, 1.807) is 7.11 Å². The van der Waals surface area contributed by atoms with Crippen LogP contribution in [0.5, 0.6) is 0 Å². The van der Waals surface area contributed by atoms with Gasteiger partial charge >= 0.3 is 5.97 Å². The number of carbonyl (C=O) groups excluding carboxylic acids is 1. The summed E-state index contributed by atoms with van der Waals surface area (Å²) in [5, 5.41) is 0. The molecule has 1 unspecified atom stereocenters. The molecule has 0 aromatic heterocycles. The maximum absolute atomic E-state index is 12.6. The Kier molecular flexibility index (Phi) is 5.28. The average Bonchev–Trinajstić information content (AvgIpc) is 2.56. The predicted octanol–water partition coefficient (Wildman–Crippen LogP) is 4.19. The van der Waals surface area contributed by atoms with Gasteiger partial charge in [0, 0.05) is 25.2 Å². The molecule has 0 bridgehead atoms. The summed E-state index contributed by atoms with van der Waals surface area (Å²) in [6.45, 7) is 5.75. The van der Waals surface area contributed by atoms with Crippen LogP contribution in [0.2, 0.25) is 0 Å². The number of benzene rings is 1. The van der Waals surface area contributed by atoms with E-state index in [2.05, 4.69) is 18.8 Å². The van der Waals surface area contributed by atoms with Crippen molar-refractivity contribution in [2.45, 2.75) is 45.6 Å². The van der Waals surface area contributed by atoms with Gasteiger partial charge in [0.2, 0.25) is 0 Å². The van der Waals surface area contributed by atoms with Crippen molar-refractivity contribution in [3.63, 3.8) is 0 Å². The topological polar surface area (TPSA) is 35.5 Å². The van der Waals surface area contributed by atoms with E-state index in [4.69, 9.17) is 9.47 Å². The van der Waals surface area contributed by atoms with Crippen LogP contribution in [0.4, 0.5) is 0 Å². The van der Waals surface area contributed by atoms with Crippen LogP contribution in [-0.2, 0) is 14.3 Å². The normalized spacial score (nSPS) is 22.6. The van der Waals surface area contributed by atoms with Crippen molar-refractivity contribution in [1.82, 2.24) is 0 Å². The van der Waals surface area contributed by atoms with Gasteiger partial charge in [0.25, 0.3) is 0 Å². The summed E-state index contributed by atoms with van der Waals surface area (Å²) >= 11 is 0. The zero-order chi connectivity index (χ0) is 16.9. The van der Waals surface area contributed by atoms with Crippen LogP contribution in [0, 0.1) is 17.3 Å². The molecule has 0 amide bonds. The van der Waals surface area contributed by atoms with Gasteiger partial charge in [-0.15, -0.1) is 0 Å². The molecule has 0 aliphatic carbocycles. The lowest BCUT2D eigenvalue weighted by atomic mass is 9.72. The van der Waals surface area contributed by atoms with Gasteiger partial charge < -0.3 is 9.47 Å². The molecule has 0 spiro atoms. The predicted molar refractivity (Wildman–Crippen MR) is 91.3 cm³/mol. The first kappa shape index (κ1) is 17.3. The summed E-state index contributed by atoms with van der Waals surface area (Å²) in [5.41, 5.74) is -1.02.